The molecule has 4 nitrogen and oxygen atoms in total. The maximum Gasteiger partial charge on any atom is 0.249 e. The highest BCUT2D eigenvalue weighted by atomic mass is 32.1. The second kappa shape index (κ2) is 7.29. The molecule has 1 saturated heterocycles. The standard InChI is InChI=1S/C14H18N2O2S/c15-8-3-4-11-6-7-12(19-11)10-16-14(17)13-5-1-2-9-18-13/h6-7,13H,1-2,5,8-10,15H2,(H,16,17). The van der Waals surface area contributed by atoms with Crippen molar-refractivity contribution in [2.45, 2.75) is 31.9 Å². The minimum Gasteiger partial charge on any atom is -0.368 e. The molecule has 1 aromatic heterocycles. The zero-order valence-electron chi connectivity index (χ0n) is 10.8. The number of rotatable bonds is 3. The van der Waals surface area contributed by atoms with E-state index in [0.29, 0.717) is 19.7 Å². The van der Waals surface area contributed by atoms with Crippen molar-refractivity contribution >= 4 is 17.2 Å². The van der Waals surface area contributed by atoms with Crippen LogP contribution in [0.4, 0.5) is 0 Å². The van der Waals surface area contributed by atoms with Gasteiger partial charge in [0.25, 0.3) is 0 Å². The highest BCUT2D eigenvalue weighted by Gasteiger charge is 2.21. The molecule has 0 spiro atoms. The number of nitrogens with one attached hydrogen (secondary N) is 1. The third kappa shape index (κ3) is 4.35. The summed E-state index contributed by atoms with van der Waals surface area (Å²) < 4.78 is 5.44. The molecule has 1 fully saturated rings. The van der Waals surface area contributed by atoms with Gasteiger partial charge in [0.05, 0.1) is 18.0 Å². The van der Waals surface area contributed by atoms with Crippen LogP contribution in [0.3, 0.4) is 0 Å². The van der Waals surface area contributed by atoms with Crippen LogP contribution in [0.25, 0.3) is 0 Å². The summed E-state index contributed by atoms with van der Waals surface area (Å²) in [6, 6.07) is 3.93. The molecular formula is C14H18N2O2S. The average Bonchev–Trinajstić information content (AvgIpc) is 2.91. The smallest absolute Gasteiger partial charge is 0.249 e. The SMILES string of the molecule is NCC#Cc1ccc(CNC(=O)C2CCCCO2)s1. The summed E-state index contributed by atoms with van der Waals surface area (Å²) in [5.41, 5.74) is 5.32. The number of amides is 1. The van der Waals surface area contributed by atoms with Crippen molar-refractivity contribution in [1.82, 2.24) is 5.32 Å². The molecule has 0 saturated carbocycles. The molecule has 1 amide bonds. The molecule has 1 unspecified atom stereocenters. The summed E-state index contributed by atoms with van der Waals surface area (Å²) >= 11 is 1.58. The Hall–Kier alpha value is -1.35. The van der Waals surface area contributed by atoms with Crippen molar-refractivity contribution in [3.63, 3.8) is 0 Å². The first kappa shape index (κ1) is 14.1. The van der Waals surface area contributed by atoms with Crippen LogP contribution in [-0.4, -0.2) is 25.2 Å². The fraction of sp³-hybridized carbons (Fsp3) is 0.500. The van der Waals surface area contributed by atoms with Gasteiger partial charge in [0.2, 0.25) is 5.91 Å². The molecule has 1 aliphatic rings. The van der Waals surface area contributed by atoms with E-state index in [1.165, 1.54) is 0 Å². The molecule has 19 heavy (non-hydrogen) atoms. The van der Waals surface area contributed by atoms with Crippen molar-refractivity contribution in [2.24, 2.45) is 5.73 Å². The summed E-state index contributed by atoms with van der Waals surface area (Å²) in [4.78, 5) is 13.9. The lowest BCUT2D eigenvalue weighted by atomic mass is 10.1. The monoisotopic (exact) mass is 278 g/mol. The fourth-order valence-electron chi connectivity index (χ4n) is 1.91. The van der Waals surface area contributed by atoms with Crippen molar-refractivity contribution in [3.05, 3.63) is 21.9 Å². The van der Waals surface area contributed by atoms with Crippen molar-refractivity contribution < 1.29 is 9.53 Å². The third-order valence-corrected chi connectivity index (χ3v) is 3.88. The van der Waals surface area contributed by atoms with E-state index in [4.69, 9.17) is 10.5 Å². The number of hydrogen-bond donors (Lipinski definition) is 2. The van der Waals surface area contributed by atoms with Crippen LogP contribution in [0.5, 0.6) is 0 Å². The van der Waals surface area contributed by atoms with Gasteiger partial charge in [-0.25, -0.2) is 0 Å². The van der Waals surface area contributed by atoms with Crippen LogP contribution in [0.2, 0.25) is 0 Å². The highest BCUT2D eigenvalue weighted by Crippen LogP contribution is 2.16. The van der Waals surface area contributed by atoms with Crippen LogP contribution >= 0.6 is 11.3 Å². The van der Waals surface area contributed by atoms with Crippen molar-refractivity contribution in [1.29, 1.82) is 0 Å². The molecule has 2 rings (SSSR count). The van der Waals surface area contributed by atoms with Crippen LogP contribution in [0, 0.1) is 11.8 Å². The summed E-state index contributed by atoms with van der Waals surface area (Å²) in [5, 5.41) is 2.91. The Bertz CT molecular complexity index is 481. The Morgan fingerprint density at radius 2 is 2.42 bits per heavy atom. The zero-order chi connectivity index (χ0) is 13.5. The van der Waals surface area contributed by atoms with Crippen molar-refractivity contribution in [2.75, 3.05) is 13.2 Å². The van der Waals surface area contributed by atoms with Gasteiger partial charge in [-0.15, -0.1) is 11.3 Å². The van der Waals surface area contributed by atoms with E-state index in [9.17, 15) is 4.79 Å². The molecule has 0 aromatic carbocycles. The lowest BCUT2D eigenvalue weighted by Gasteiger charge is -2.21. The van der Waals surface area contributed by atoms with Crippen LogP contribution in [0.1, 0.15) is 29.0 Å². The van der Waals surface area contributed by atoms with Gasteiger partial charge in [0.1, 0.15) is 6.10 Å². The second-order valence-electron chi connectivity index (χ2n) is 4.34. The minimum atomic E-state index is -0.273. The molecule has 2 heterocycles. The third-order valence-electron chi connectivity index (χ3n) is 2.88. The van der Waals surface area contributed by atoms with Gasteiger partial charge in [0.15, 0.2) is 0 Å². The van der Waals surface area contributed by atoms with Gasteiger partial charge in [-0.1, -0.05) is 11.8 Å². The topological polar surface area (TPSA) is 64.3 Å². The Balaban J connectivity index is 1.81. The van der Waals surface area contributed by atoms with Gasteiger partial charge >= 0.3 is 0 Å². The minimum absolute atomic E-state index is 0.0114. The van der Waals surface area contributed by atoms with E-state index in [1.807, 2.05) is 12.1 Å². The number of carbonyl (C=O) groups is 1. The predicted molar refractivity (Wildman–Crippen MR) is 75.7 cm³/mol. The summed E-state index contributed by atoms with van der Waals surface area (Å²) in [7, 11) is 0. The first-order chi connectivity index (χ1) is 9.29. The molecule has 0 aliphatic carbocycles. The predicted octanol–water partition coefficient (Wildman–Crippen LogP) is 1.24. The lowest BCUT2D eigenvalue weighted by Crippen LogP contribution is -2.37. The van der Waals surface area contributed by atoms with E-state index in [2.05, 4.69) is 17.2 Å². The number of nitrogens with two attached hydrogens (primary N) is 1. The molecule has 3 N–H and O–H groups in total. The van der Waals surface area contributed by atoms with Gasteiger partial charge in [-0.3, -0.25) is 4.79 Å². The first-order valence-corrected chi connectivity index (χ1v) is 7.28. The lowest BCUT2D eigenvalue weighted by molar-refractivity contribution is -0.135. The number of ether oxygens (including phenoxy) is 1. The number of carbonyl (C=O) groups excluding carboxylic acids is 1. The maximum absolute atomic E-state index is 11.9. The molecule has 5 heteroatoms. The van der Waals surface area contributed by atoms with E-state index in [1.54, 1.807) is 11.3 Å². The summed E-state index contributed by atoms with van der Waals surface area (Å²) in [5.74, 6) is 5.79. The van der Waals surface area contributed by atoms with Gasteiger partial charge in [0, 0.05) is 11.5 Å². The summed E-state index contributed by atoms with van der Waals surface area (Å²) in [6.45, 7) is 1.59. The van der Waals surface area contributed by atoms with Crippen LogP contribution in [0.15, 0.2) is 12.1 Å². The maximum atomic E-state index is 11.9. The second-order valence-corrected chi connectivity index (χ2v) is 5.51. The Morgan fingerprint density at radius 1 is 1.53 bits per heavy atom. The molecule has 0 bridgehead atoms. The van der Waals surface area contributed by atoms with E-state index < -0.39 is 0 Å². The van der Waals surface area contributed by atoms with Crippen LogP contribution in [-0.2, 0) is 16.1 Å². The van der Waals surface area contributed by atoms with Gasteiger partial charge in [-0.2, -0.15) is 0 Å². The Morgan fingerprint density at radius 3 is 3.16 bits per heavy atom. The Kier molecular flexibility index (Phi) is 5.40. The molecule has 0 radical (unpaired) electrons. The normalized spacial score (nSPS) is 18.5. The Labute approximate surface area is 117 Å². The van der Waals surface area contributed by atoms with Crippen molar-refractivity contribution in [3.8, 4) is 11.8 Å². The highest BCUT2D eigenvalue weighted by molar-refractivity contribution is 7.12. The van der Waals surface area contributed by atoms with Gasteiger partial charge in [-0.05, 0) is 31.4 Å². The van der Waals surface area contributed by atoms with E-state index in [-0.39, 0.29) is 12.0 Å². The fourth-order valence-corrected chi connectivity index (χ4v) is 2.74. The van der Waals surface area contributed by atoms with Gasteiger partial charge < -0.3 is 15.8 Å². The molecular weight excluding hydrogens is 260 g/mol. The largest absolute Gasteiger partial charge is 0.368 e. The number of thiophene rings is 1. The van der Waals surface area contributed by atoms with Crippen LogP contribution < -0.4 is 11.1 Å². The van der Waals surface area contributed by atoms with E-state index >= 15 is 0 Å². The molecule has 1 atom stereocenters. The first-order valence-electron chi connectivity index (χ1n) is 6.46. The molecule has 1 aromatic rings. The average molecular weight is 278 g/mol. The quantitative estimate of drug-likeness (QED) is 0.818. The van der Waals surface area contributed by atoms with E-state index in [0.717, 1.165) is 29.0 Å². The number of hydrogen-bond acceptors (Lipinski definition) is 4. The molecule has 1 aliphatic heterocycles. The zero-order valence-corrected chi connectivity index (χ0v) is 11.6. The molecule has 102 valence electrons. The summed E-state index contributed by atoms with van der Waals surface area (Å²) in [6.07, 6.45) is 2.67.